The molecular weight excluding hydrogens is 589 g/mol. The Morgan fingerprint density at radius 1 is 0.510 bits per heavy atom. The summed E-state index contributed by atoms with van der Waals surface area (Å²) in [5, 5.41) is 0. The van der Waals surface area contributed by atoms with Crippen LogP contribution in [0.1, 0.15) is 167 Å². The van der Waals surface area contributed by atoms with Crippen molar-refractivity contribution in [3.8, 4) is 0 Å². The van der Waals surface area contributed by atoms with Crippen LogP contribution in [0.2, 0.25) is 0 Å². The largest absolute Gasteiger partial charge is 0.0625 e. The number of hydrogen-bond acceptors (Lipinski definition) is 0. The Balaban J connectivity index is 1.34. The van der Waals surface area contributed by atoms with Gasteiger partial charge < -0.3 is 0 Å². The first-order valence-corrected chi connectivity index (χ1v) is 23.1. The van der Waals surface area contributed by atoms with E-state index in [0.29, 0.717) is 16.2 Å². The van der Waals surface area contributed by atoms with E-state index >= 15 is 0 Å². The van der Waals surface area contributed by atoms with Crippen molar-refractivity contribution >= 4 is 0 Å². The summed E-state index contributed by atoms with van der Waals surface area (Å²) < 4.78 is 0. The second-order valence-corrected chi connectivity index (χ2v) is 24.1. The molecule has 0 nitrogen and oxygen atoms in total. The van der Waals surface area contributed by atoms with Crippen LogP contribution < -0.4 is 0 Å². The topological polar surface area (TPSA) is 0 Å². The van der Waals surface area contributed by atoms with Crippen molar-refractivity contribution in [1.82, 2.24) is 0 Å². The first-order valence-electron chi connectivity index (χ1n) is 23.1. The fourth-order valence-corrected chi connectivity index (χ4v) is 19.7. The van der Waals surface area contributed by atoms with Crippen molar-refractivity contribution in [2.24, 2.45) is 141 Å². The Hall–Kier alpha value is 0. The van der Waals surface area contributed by atoms with Crippen LogP contribution in [0.3, 0.4) is 0 Å². The zero-order valence-electron chi connectivity index (χ0n) is 35.1. The molecule has 8 saturated carbocycles. The molecule has 8 rings (SSSR count). The van der Waals surface area contributed by atoms with Crippen LogP contribution in [0.5, 0.6) is 0 Å². The van der Waals surface area contributed by atoms with Crippen molar-refractivity contribution in [2.75, 3.05) is 0 Å². The van der Waals surface area contributed by atoms with Crippen molar-refractivity contribution in [1.29, 1.82) is 0 Å². The average molecular weight is 673 g/mol. The summed E-state index contributed by atoms with van der Waals surface area (Å²) in [5.41, 5.74) is 1.57. The molecule has 0 N–H and O–H groups in total. The van der Waals surface area contributed by atoms with E-state index in [1.807, 2.05) is 0 Å². The molecule has 0 aromatic carbocycles. The van der Waals surface area contributed by atoms with E-state index in [0.717, 1.165) is 124 Å². The van der Waals surface area contributed by atoms with Crippen LogP contribution in [-0.2, 0) is 0 Å². The van der Waals surface area contributed by atoms with Crippen LogP contribution >= 0.6 is 0 Å². The fourth-order valence-electron chi connectivity index (χ4n) is 19.7. The summed E-state index contributed by atoms with van der Waals surface area (Å²) in [6.07, 6.45) is 18.7. The molecule has 8 aliphatic carbocycles. The highest BCUT2D eigenvalue weighted by atomic mass is 14.8. The van der Waals surface area contributed by atoms with Gasteiger partial charge in [0.25, 0.3) is 0 Å². The lowest BCUT2D eigenvalue weighted by Gasteiger charge is -2.72. The molecule has 0 amide bonds. The summed E-state index contributed by atoms with van der Waals surface area (Å²) in [6.45, 7) is 35.2. The van der Waals surface area contributed by atoms with E-state index in [9.17, 15) is 0 Å². The Morgan fingerprint density at radius 2 is 1.08 bits per heavy atom. The summed E-state index contributed by atoms with van der Waals surface area (Å²) in [7, 11) is 0. The van der Waals surface area contributed by atoms with Gasteiger partial charge in [-0.2, -0.15) is 0 Å². The average Bonchev–Trinajstić information content (AvgIpc) is 3.45. The first kappa shape index (κ1) is 36.0. The highest BCUT2D eigenvalue weighted by Crippen LogP contribution is 2.84. The predicted octanol–water partition coefficient (Wildman–Crippen LogP) is 13.9. The minimum atomic E-state index is 0.444. The fraction of sp³-hybridized carbons (Fsp3) is 1.00. The molecule has 0 heteroatoms. The molecule has 8 fully saturated rings. The van der Waals surface area contributed by atoms with Crippen molar-refractivity contribution < 1.29 is 0 Å². The zero-order valence-corrected chi connectivity index (χ0v) is 35.1. The lowest BCUT2D eigenvalue weighted by atomic mass is 9.32. The van der Waals surface area contributed by atoms with Gasteiger partial charge in [0.05, 0.1) is 0 Å². The van der Waals surface area contributed by atoms with E-state index in [1.165, 1.54) is 25.7 Å². The van der Waals surface area contributed by atoms with Crippen molar-refractivity contribution in [3.05, 3.63) is 0 Å². The summed E-state index contributed by atoms with van der Waals surface area (Å²) in [5.74, 6) is 20.3. The SMILES string of the molecule is CC(C)C1CC2CCCCC2C2C3C4C5CC(C(C)(C)C)C6CCCCC6C5C5(C4CCC3C(C)(C)C12)C(C(C)C)C(C(C)C)C5C(C)C. The third kappa shape index (κ3) is 4.83. The monoisotopic (exact) mass is 673 g/mol. The van der Waals surface area contributed by atoms with Crippen molar-refractivity contribution in [2.45, 2.75) is 167 Å². The molecule has 280 valence electrons. The lowest BCUT2D eigenvalue weighted by Crippen LogP contribution is -2.68. The number of hydrogen-bond donors (Lipinski definition) is 0. The van der Waals surface area contributed by atoms with E-state index in [1.54, 1.807) is 51.4 Å². The first-order chi connectivity index (χ1) is 23.1. The molecule has 0 radical (unpaired) electrons. The molecule has 0 bridgehead atoms. The van der Waals surface area contributed by atoms with E-state index in [-0.39, 0.29) is 0 Å². The molecule has 0 aliphatic heterocycles. The van der Waals surface area contributed by atoms with Gasteiger partial charge in [-0.3, -0.25) is 0 Å². The van der Waals surface area contributed by atoms with E-state index < -0.39 is 0 Å². The smallest absolute Gasteiger partial charge is 0.0165 e. The van der Waals surface area contributed by atoms with E-state index in [2.05, 4.69) is 90.0 Å². The van der Waals surface area contributed by atoms with Crippen LogP contribution in [0.15, 0.2) is 0 Å². The van der Waals surface area contributed by atoms with Crippen LogP contribution in [0.4, 0.5) is 0 Å². The van der Waals surface area contributed by atoms with Crippen LogP contribution in [-0.4, -0.2) is 0 Å². The second kappa shape index (κ2) is 12.3. The lowest BCUT2D eigenvalue weighted by molar-refractivity contribution is -0.256. The third-order valence-electron chi connectivity index (χ3n) is 20.0. The van der Waals surface area contributed by atoms with Gasteiger partial charge in [-0.1, -0.05) is 122 Å². The molecule has 49 heavy (non-hydrogen) atoms. The van der Waals surface area contributed by atoms with Gasteiger partial charge in [0.1, 0.15) is 0 Å². The third-order valence-corrected chi connectivity index (χ3v) is 20.0. The molecule has 16 atom stereocenters. The zero-order chi connectivity index (χ0) is 35.1. The highest BCUT2D eigenvalue weighted by Gasteiger charge is 2.80. The maximum absolute atomic E-state index is 2.86. The molecule has 0 saturated heterocycles. The maximum Gasteiger partial charge on any atom is -0.0165 e. The van der Waals surface area contributed by atoms with Gasteiger partial charge in [0.15, 0.2) is 0 Å². The summed E-state index contributed by atoms with van der Waals surface area (Å²) in [4.78, 5) is 0. The predicted molar refractivity (Wildman–Crippen MR) is 210 cm³/mol. The Kier molecular flexibility index (Phi) is 9.01. The molecule has 0 aromatic heterocycles. The maximum atomic E-state index is 2.86. The van der Waals surface area contributed by atoms with Crippen LogP contribution in [0, 0.1) is 141 Å². The van der Waals surface area contributed by atoms with Gasteiger partial charge in [0, 0.05) is 0 Å². The number of fused-ring (bicyclic) bond motifs is 13. The van der Waals surface area contributed by atoms with Gasteiger partial charge in [-0.15, -0.1) is 0 Å². The Bertz CT molecular complexity index is 1180. The van der Waals surface area contributed by atoms with Crippen LogP contribution in [0.25, 0.3) is 0 Å². The van der Waals surface area contributed by atoms with Gasteiger partial charge in [-0.05, 0) is 185 Å². The second-order valence-electron chi connectivity index (χ2n) is 24.1. The minimum Gasteiger partial charge on any atom is -0.0625 e. The van der Waals surface area contributed by atoms with Gasteiger partial charge in [0.2, 0.25) is 0 Å². The van der Waals surface area contributed by atoms with Crippen molar-refractivity contribution in [3.63, 3.8) is 0 Å². The quantitative estimate of drug-likeness (QED) is 0.279. The normalized spacial score (nSPS) is 53.2. The Labute approximate surface area is 306 Å². The standard InChI is InChI=1S/C49H84/c1-26(2)34-24-30-18-14-15-19-31(30)41-42-36(48(12,13)46(34)41)22-23-37-40(42)35-25-38(47(9,10)11)32-20-16-17-21-33(32)45(35)49(37)43(28(5)6)39(27(3)4)44(49)29(7)8/h26-46H,14-25H2,1-13H3. The van der Waals surface area contributed by atoms with Gasteiger partial charge >= 0.3 is 0 Å². The van der Waals surface area contributed by atoms with E-state index in [4.69, 9.17) is 0 Å². The Morgan fingerprint density at radius 3 is 1.65 bits per heavy atom. The minimum absolute atomic E-state index is 0.444. The molecular formula is C49H84. The molecule has 16 unspecified atom stereocenters. The highest BCUT2D eigenvalue weighted by molar-refractivity contribution is 5.27. The molecule has 8 aliphatic rings. The molecule has 1 spiro atoms. The summed E-state index contributed by atoms with van der Waals surface area (Å²) in [6, 6.07) is 0. The molecule has 0 heterocycles. The molecule has 0 aromatic rings. The number of rotatable bonds is 4. The summed E-state index contributed by atoms with van der Waals surface area (Å²) >= 11 is 0. The van der Waals surface area contributed by atoms with Gasteiger partial charge in [-0.25, -0.2) is 0 Å².